The fourth-order valence-electron chi connectivity index (χ4n) is 1.81. The lowest BCUT2D eigenvalue weighted by atomic mass is 10.2. The maximum Gasteiger partial charge on any atom is 0.348 e. The summed E-state index contributed by atoms with van der Waals surface area (Å²) in [5.74, 6) is -0.586. The Bertz CT molecular complexity index is 679. The van der Waals surface area contributed by atoms with Gasteiger partial charge >= 0.3 is 5.97 Å². The smallest absolute Gasteiger partial charge is 0.348 e. The van der Waals surface area contributed by atoms with Gasteiger partial charge in [0.2, 0.25) is 0 Å². The van der Waals surface area contributed by atoms with Crippen LogP contribution in [0.15, 0.2) is 24.4 Å². The molecular weight excluding hydrogens is 288 g/mol. The van der Waals surface area contributed by atoms with Crippen molar-refractivity contribution in [3.8, 4) is 0 Å². The first kappa shape index (κ1) is 15.2. The molecule has 0 saturated carbocycles. The van der Waals surface area contributed by atoms with E-state index in [0.29, 0.717) is 22.0 Å². The number of amides is 1. The minimum absolute atomic E-state index is 0.225. The predicted molar refractivity (Wildman–Crippen MR) is 81.9 cm³/mol. The molecule has 1 amide bonds. The Hall–Kier alpha value is -2.21. The van der Waals surface area contributed by atoms with Gasteiger partial charge < -0.3 is 10.1 Å². The summed E-state index contributed by atoms with van der Waals surface area (Å²) in [6.07, 6.45) is 1.59. The summed E-state index contributed by atoms with van der Waals surface area (Å²) in [6, 6.07) is 5.12. The maximum atomic E-state index is 12.1. The van der Waals surface area contributed by atoms with Gasteiger partial charge in [-0.15, -0.1) is 11.3 Å². The van der Waals surface area contributed by atoms with Crippen LogP contribution in [0.2, 0.25) is 0 Å². The van der Waals surface area contributed by atoms with Crippen molar-refractivity contribution in [3.05, 3.63) is 46.1 Å². The highest BCUT2D eigenvalue weighted by Gasteiger charge is 2.16. The summed E-state index contributed by atoms with van der Waals surface area (Å²) in [7, 11) is 0. The molecule has 2 heterocycles. The molecule has 5 nitrogen and oxygen atoms in total. The van der Waals surface area contributed by atoms with Crippen LogP contribution in [0.1, 0.15) is 38.2 Å². The van der Waals surface area contributed by atoms with Crippen LogP contribution in [-0.4, -0.2) is 23.5 Å². The number of esters is 1. The Balaban J connectivity index is 2.15. The number of anilines is 1. The molecule has 2 aromatic heterocycles. The summed E-state index contributed by atoms with van der Waals surface area (Å²) in [4.78, 5) is 28.4. The highest BCUT2D eigenvalue weighted by Crippen LogP contribution is 2.27. The van der Waals surface area contributed by atoms with Crippen LogP contribution < -0.4 is 5.32 Å². The number of hydrogen-bond donors (Lipinski definition) is 1. The molecule has 21 heavy (non-hydrogen) atoms. The van der Waals surface area contributed by atoms with E-state index in [0.717, 1.165) is 11.3 Å². The largest absolute Gasteiger partial charge is 0.462 e. The molecule has 110 valence electrons. The summed E-state index contributed by atoms with van der Waals surface area (Å²) in [5, 5.41) is 3.41. The van der Waals surface area contributed by atoms with E-state index in [9.17, 15) is 9.59 Å². The maximum absolute atomic E-state index is 12.1. The van der Waals surface area contributed by atoms with Crippen molar-refractivity contribution in [2.45, 2.75) is 20.8 Å². The Morgan fingerprint density at radius 1 is 1.33 bits per heavy atom. The van der Waals surface area contributed by atoms with Crippen LogP contribution in [0, 0.1) is 13.8 Å². The molecule has 1 N–H and O–H groups in total. The number of pyridine rings is 1. The minimum Gasteiger partial charge on any atom is -0.462 e. The van der Waals surface area contributed by atoms with E-state index < -0.39 is 0 Å². The molecule has 0 atom stereocenters. The van der Waals surface area contributed by atoms with Gasteiger partial charge in [0.05, 0.1) is 11.6 Å². The lowest BCUT2D eigenvalue weighted by Crippen LogP contribution is -2.11. The zero-order chi connectivity index (χ0) is 15.4. The lowest BCUT2D eigenvalue weighted by Gasteiger charge is -2.02. The first-order valence-corrected chi connectivity index (χ1v) is 7.34. The molecule has 0 fully saturated rings. The van der Waals surface area contributed by atoms with Crippen LogP contribution in [0.5, 0.6) is 0 Å². The molecule has 0 saturated heterocycles. The van der Waals surface area contributed by atoms with Crippen molar-refractivity contribution >= 4 is 28.2 Å². The monoisotopic (exact) mass is 304 g/mol. The zero-order valence-electron chi connectivity index (χ0n) is 12.1. The van der Waals surface area contributed by atoms with E-state index in [-0.39, 0.29) is 11.9 Å². The number of nitrogens with one attached hydrogen (secondary N) is 1. The van der Waals surface area contributed by atoms with Gasteiger partial charge in [-0.25, -0.2) is 4.79 Å². The minimum atomic E-state index is -0.361. The van der Waals surface area contributed by atoms with Gasteiger partial charge in [-0.1, -0.05) is 0 Å². The van der Waals surface area contributed by atoms with E-state index in [1.165, 1.54) is 11.3 Å². The number of rotatable bonds is 4. The fourth-order valence-corrected chi connectivity index (χ4v) is 2.78. The normalized spacial score (nSPS) is 10.2. The standard InChI is InChI=1S/C15H16N2O3S/c1-4-20-15(19)13-9(2)7-12(21-13)17-14(18)11-5-6-16-10(3)8-11/h5-8H,4H2,1-3H3,(H,17,18). The van der Waals surface area contributed by atoms with Crippen LogP contribution >= 0.6 is 11.3 Å². The van der Waals surface area contributed by atoms with Gasteiger partial charge in [0, 0.05) is 17.5 Å². The summed E-state index contributed by atoms with van der Waals surface area (Å²) in [6.45, 7) is 5.73. The number of aromatic nitrogens is 1. The molecule has 0 bridgehead atoms. The quantitative estimate of drug-likeness (QED) is 0.881. The third kappa shape index (κ3) is 3.66. The van der Waals surface area contributed by atoms with E-state index in [2.05, 4.69) is 10.3 Å². The third-order valence-electron chi connectivity index (χ3n) is 2.77. The molecule has 0 radical (unpaired) electrons. The number of ether oxygens (including phenoxy) is 1. The summed E-state index contributed by atoms with van der Waals surface area (Å²) < 4.78 is 4.98. The Labute approximate surface area is 127 Å². The van der Waals surface area contributed by atoms with E-state index in [1.807, 2.05) is 13.8 Å². The van der Waals surface area contributed by atoms with E-state index >= 15 is 0 Å². The topological polar surface area (TPSA) is 68.3 Å². The van der Waals surface area contributed by atoms with Crippen molar-refractivity contribution in [1.29, 1.82) is 0 Å². The molecule has 0 aliphatic rings. The number of carbonyl (C=O) groups excluding carboxylic acids is 2. The fraction of sp³-hybridized carbons (Fsp3) is 0.267. The molecular formula is C15H16N2O3S. The van der Waals surface area contributed by atoms with Gasteiger partial charge in [-0.2, -0.15) is 0 Å². The van der Waals surface area contributed by atoms with Crippen LogP contribution in [-0.2, 0) is 4.74 Å². The second-order valence-electron chi connectivity index (χ2n) is 4.48. The predicted octanol–water partition coefficient (Wildman–Crippen LogP) is 3.19. The van der Waals surface area contributed by atoms with Gasteiger partial charge in [-0.3, -0.25) is 9.78 Å². The molecule has 2 rings (SSSR count). The van der Waals surface area contributed by atoms with Crippen molar-refractivity contribution in [3.63, 3.8) is 0 Å². The first-order chi connectivity index (χ1) is 10.0. The van der Waals surface area contributed by atoms with Crippen molar-refractivity contribution in [2.75, 3.05) is 11.9 Å². The summed E-state index contributed by atoms with van der Waals surface area (Å²) >= 11 is 1.21. The Morgan fingerprint density at radius 3 is 2.76 bits per heavy atom. The van der Waals surface area contributed by atoms with E-state index in [1.54, 1.807) is 31.3 Å². The van der Waals surface area contributed by atoms with Gasteiger partial charge in [-0.05, 0) is 44.5 Å². The average molecular weight is 304 g/mol. The Morgan fingerprint density at radius 2 is 2.10 bits per heavy atom. The number of aryl methyl sites for hydroxylation is 2. The number of thiophene rings is 1. The lowest BCUT2D eigenvalue weighted by molar-refractivity contribution is 0.0531. The second-order valence-corrected chi connectivity index (χ2v) is 5.54. The van der Waals surface area contributed by atoms with Gasteiger partial charge in [0.15, 0.2) is 0 Å². The number of hydrogen-bond acceptors (Lipinski definition) is 5. The molecule has 0 spiro atoms. The summed E-state index contributed by atoms with van der Waals surface area (Å²) in [5.41, 5.74) is 2.10. The van der Waals surface area contributed by atoms with Crippen LogP contribution in [0.25, 0.3) is 0 Å². The molecule has 0 aromatic carbocycles. The van der Waals surface area contributed by atoms with Gasteiger partial charge in [0.25, 0.3) is 5.91 Å². The van der Waals surface area contributed by atoms with E-state index in [4.69, 9.17) is 4.74 Å². The average Bonchev–Trinajstić information content (AvgIpc) is 2.80. The SMILES string of the molecule is CCOC(=O)c1sc(NC(=O)c2ccnc(C)c2)cc1C. The van der Waals surface area contributed by atoms with Crippen molar-refractivity contribution in [2.24, 2.45) is 0 Å². The second kappa shape index (κ2) is 6.49. The number of nitrogens with zero attached hydrogens (tertiary/aromatic N) is 1. The zero-order valence-corrected chi connectivity index (χ0v) is 12.9. The number of carbonyl (C=O) groups is 2. The molecule has 2 aromatic rings. The Kier molecular flexibility index (Phi) is 4.70. The van der Waals surface area contributed by atoms with Crippen LogP contribution in [0.4, 0.5) is 5.00 Å². The molecule has 0 aliphatic heterocycles. The molecule has 0 aliphatic carbocycles. The highest BCUT2D eigenvalue weighted by atomic mass is 32.1. The van der Waals surface area contributed by atoms with Crippen LogP contribution in [0.3, 0.4) is 0 Å². The highest BCUT2D eigenvalue weighted by molar-refractivity contribution is 7.18. The first-order valence-electron chi connectivity index (χ1n) is 6.52. The van der Waals surface area contributed by atoms with Crippen molar-refractivity contribution in [1.82, 2.24) is 4.98 Å². The molecule has 0 unspecified atom stereocenters. The van der Waals surface area contributed by atoms with Crippen molar-refractivity contribution < 1.29 is 14.3 Å². The third-order valence-corrected chi connectivity index (χ3v) is 3.91. The molecule has 6 heteroatoms. The van der Waals surface area contributed by atoms with Gasteiger partial charge in [0.1, 0.15) is 4.88 Å².